The van der Waals surface area contributed by atoms with Crippen molar-refractivity contribution >= 4 is 11.6 Å². The van der Waals surface area contributed by atoms with Crippen molar-refractivity contribution in [2.24, 2.45) is 0 Å². The topological polar surface area (TPSA) is 44.3 Å². The summed E-state index contributed by atoms with van der Waals surface area (Å²) in [7, 11) is 4.19. The molecule has 0 saturated heterocycles. The third-order valence-corrected chi connectivity index (χ3v) is 3.01. The van der Waals surface area contributed by atoms with Gasteiger partial charge in [-0.05, 0) is 34.4 Å². The molecule has 0 saturated carbocycles. The Labute approximate surface area is 117 Å². The highest BCUT2D eigenvalue weighted by Crippen LogP contribution is 2.16. The minimum atomic E-state index is 0.425. The second kappa shape index (κ2) is 7.94. The number of aromatic nitrogens is 2. The lowest BCUT2D eigenvalue weighted by Crippen LogP contribution is -2.40. The molecule has 1 heterocycles. The molecule has 0 aliphatic heterocycles. The Morgan fingerprint density at radius 1 is 1.26 bits per heavy atom. The van der Waals surface area contributed by atoms with E-state index in [1.54, 1.807) is 6.33 Å². The van der Waals surface area contributed by atoms with E-state index >= 15 is 0 Å². The fourth-order valence-corrected chi connectivity index (χ4v) is 2.18. The van der Waals surface area contributed by atoms with E-state index in [-0.39, 0.29) is 0 Å². The van der Waals surface area contributed by atoms with Crippen molar-refractivity contribution in [3.05, 3.63) is 12.4 Å². The number of hydrogen-bond donors (Lipinski definition) is 1. The molecular formula is C14H27N5. The molecule has 0 aromatic carbocycles. The van der Waals surface area contributed by atoms with Crippen LogP contribution in [0.2, 0.25) is 0 Å². The third-order valence-electron chi connectivity index (χ3n) is 3.01. The van der Waals surface area contributed by atoms with E-state index in [0.717, 1.165) is 37.7 Å². The van der Waals surface area contributed by atoms with E-state index in [1.807, 2.05) is 6.07 Å². The molecule has 0 aliphatic carbocycles. The SMILES string of the molecule is CCCNc1cc(N(CC)C(C)CN(C)C)ncn1. The number of nitrogens with one attached hydrogen (secondary N) is 1. The molecule has 1 rings (SSSR count). The molecule has 0 fully saturated rings. The Hall–Kier alpha value is -1.36. The van der Waals surface area contributed by atoms with Crippen LogP contribution in [-0.2, 0) is 0 Å². The van der Waals surface area contributed by atoms with E-state index in [9.17, 15) is 0 Å². The van der Waals surface area contributed by atoms with Crippen molar-refractivity contribution in [1.82, 2.24) is 14.9 Å². The molecule has 1 aromatic heterocycles. The highest BCUT2D eigenvalue weighted by molar-refractivity contribution is 5.49. The Kier molecular flexibility index (Phi) is 6.56. The van der Waals surface area contributed by atoms with E-state index in [0.29, 0.717) is 6.04 Å². The lowest BCUT2D eigenvalue weighted by molar-refractivity contribution is 0.372. The van der Waals surface area contributed by atoms with Crippen LogP contribution in [0.15, 0.2) is 12.4 Å². The van der Waals surface area contributed by atoms with Crippen LogP contribution in [0.1, 0.15) is 27.2 Å². The van der Waals surface area contributed by atoms with Gasteiger partial charge in [-0.1, -0.05) is 6.92 Å². The molecule has 1 N–H and O–H groups in total. The first kappa shape index (κ1) is 15.7. The first-order valence-corrected chi connectivity index (χ1v) is 7.05. The van der Waals surface area contributed by atoms with Crippen LogP contribution in [0, 0.1) is 0 Å². The molecule has 1 aromatic rings. The molecule has 5 nitrogen and oxygen atoms in total. The van der Waals surface area contributed by atoms with Gasteiger partial charge in [0.05, 0.1) is 0 Å². The molecule has 0 amide bonds. The summed E-state index contributed by atoms with van der Waals surface area (Å²) < 4.78 is 0. The minimum absolute atomic E-state index is 0.425. The summed E-state index contributed by atoms with van der Waals surface area (Å²) >= 11 is 0. The van der Waals surface area contributed by atoms with E-state index < -0.39 is 0 Å². The summed E-state index contributed by atoms with van der Waals surface area (Å²) in [5, 5.41) is 3.31. The summed E-state index contributed by atoms with van der Waals surface area (Å²) in [5.41, 5.74) is 0. The van der Waals surface area contributed by atoms with Crippen LogP contribution < -0.4 is 10.2 Å². The van der Waals surface area contributed by atoms with Gasteiger partial charge in [0.1, 0.15) is 18.0 Å². The first-order chi connectivity index (χ1) is 9.08. The maximum absolute atomic E-state index is 4.40. The third kappa shape index (κ3) is 5.03. The number of likely N-dealkylation sites (N-methyl/N-ethyl adjacent to an activating group) is 2. The molecular weight excluding hydrogens is 238 g/mol. The summed E-state index contributed by atoms with van der Waals surface area (Å²) in [5.74, 6) is 1.90. The average molecular weight is 265 g/mol. The molecule has 0 aliphatic rings. The smallest absolute Gasteiger partial charge is 0.134 e. The molecule has 1 unspecified atom stereocenters. The zero-order valence-corrected chi connectivity index (χ0v) is 12.8. The maximum atomic E-state index is 4.40. The summed E-state index contributed by atoms with van der Waals surface area (Å²) in [6.45, 7) is 9.43. The lowest BCUT2D eigenvalue weighted by Gasteiger charge is -2.31. The predicted octanol–water partition coefficient (Wildman–Crippen LogP) is 2.07. The standard InChI is InChI=1S/C14H27N5/c1-6-8-15-13-9-14(17-11-16-13)19(7-2)12(3)10-18(4)5/h9,11-12H,6-8,10H2,1-5H3,(H,15,16,17). The zero-order valence-electron chi connectivity index (χ0n) is 12.8. The molecule has 0 spiro atoms. The van der Waals surface area contributed by atoms with Gasteiger partial charge in [0, 0.05) is 31.7 Å². The van der Waals surface area contributed by atoms with Gasteiger partial charge in [-0.3, -0.25) is 0 Å². The summed E-state index contributed by atoms with van der Waals surface area (Å²) in [4.78, 5) is 13.2. The van der Waals surface area contributed by atoms with Crippen molar-refractivity contribution in [2.75, 3.05) is 43.9 Å². The van der Waals surface area contributed by atoms with Crippen molar-refractivity contribution in [1.29, 1.82) is 0 Å². The van der Waals surface area contributed by atoms with Gasteiger partial charge in [-0.25, -0.2) is 9.97 Å². The van der Waals surface area contributed by atoms with Gasteiger partial charge < -0.3 is 15.1 Å². The summed E-state index contributed by atoms with van der Waals surface area (Å²) in [6, 6.07) is 2.46. The highest BCUT2D eigenvalue weighted by atomic mass is 15.2. The van der Waals surface area contributed by atoms with Crippen LogP contribution in [0.3, 0.4) is 0 Å². The van der Waals surface area contributed by atoms with Crippen molar-refractivity contribution in [3.63, 3.8) is 0 Å². The molecule has 0 bridgehead atoms. The van der Waals surface area contributed by atoms with Crippen LogP contribution in [-0.4, -0.2) is 54.6 Å². The van der Waals surface area contributed by atoms with Gasteiger partial charge in [0.25, 0.3) is 0 Å². The Morgan fingerprint density at radius 3 is 2.58 bits per heavy atom. The fourth-order valence-electron chi connectivity index (χ4n) is 2.18. The lowest BCUT2D eigenvalue weighted by atomic mass is 10.2. The minimum Gasteiger partial charge on any atom is -0.370 e. The maximum Gasteiger partial charge on any atom is 0.134 e. The van der Waals surface area contributed by atoms with Crippen molar-refractivity contribution in [2.45, 2.75) is 33.2 Å². The van der Waals surface area contributed by atoms with Crippen molar-refractivity contribution < 1.29 is 0 Å². The number of nitrogens with zero attached hydrogens (tertiary/aromatic N) is 4. The van der Waals surface area contributed by atoms with Crippen LogP contribution in [0.5, 0.6) is 0 Å². The predicted molar refractivity (Wildman–Crippen MR) is 81.8 cm³/mol. The van der Waals surface area contributed by atoms with Crippen LogP contribution in [0.4, 0.5) is 11.6 Å². The highest BCUT2D eigenvalue weighted by Gasteiger charge is 2.15. The van der Waals surface area contributed by atoms with Crippen LogP contribution in [0.25, 0.3) is 0 Å². The molecule has 1 atom stereocenters. The number of rotatable bonds is 8. The van der Waals surface area contributed by atoms with Crippen molar-refractivity contribution in [3.8, 4) is 0 Å². The number of hydrogen-bond acceptors (Lipinski definition) is 5. The zero-order chi connectivity index (χ0) is 14.3. The Bertz CT molecular complexity index is 367. The largest absolute Gasteiger partial charge is 0.370 e. The van der Waals surface area contributed by atoms with Gasteiger partial charge in [0.15, 0.2) is 0 Å². The monoisotopic (exact) mass is 265 g/mol. The van der Waals surface area contributed by atoms with E-state index in [4.69, 9.17) is 0 Å². The van der Waals surface area contributed by atoms with Gasteiger partial charge in [-0.2, -0.15) is 0 Å². The molecule has 19 heavy (non-hydrogen) atoms. The summed E-state index contributed by atoms with van der Waals surface area (Å²) in [6.07, 6.45) is 2.73. The van der Waals surface area contributed by atoms with Gasteiger partial charge >= 0.3 is 0 Å². The average Bonchev–Trinajstić information content (AvgIpc) is 2.37. The molecule has 0 radical (unpaired) electrons. The molecule has 5 heteroatoms. The Morgan fingerprint density at radius 2 is 2.00 bits per heavy atom. The number of anilines is 2. The quantitative estimate of drug-likeness (QED) is 0.779. The first-order valence-electron chi connectivity index (χ1n) is 7.05. The normalized spacial score (nSPS) is 12.5. The second-order valence-electron chi connectivity index (χ2n) is 5.09. The van der Waals surface area contributed by atoms with Gasteiger partial charge in [0.2, 0.25) is 0 Å². The second-order valence-corrected chi connectivity index (χ2v) is 5.09. The van der Waals surface area contributed by atoms with E-state index in [2.05, 4.69) is 60.0 Å². The van der Waals surface area contributed by atoms with Gasteiger partial charge in [-0.15, -0.1) is 0 Å². The Balaban J connectivity index is 2.79. The van der Waals surface area contributed by atoms with Crippen LogP contribution >= 0.6 is 0 Å². The molecule has 108 valence electrons. The van der Waals surface area contributed by atoms with E-state index in [1.165, 1.54) is 0 Å². The fraction of sp³-hybridized carbons (Fsp3) is 0.714.